The van der Waals surface area contributed by atoms with Crippen LogP contribution in [-0.4, -0.2) is 9.78 Å². The third-order valence-corrected chi connectivity index (χ3v) is 5.21. The second-order valence-electron chi connectivity index (χ2n) is 7.80. The van der Waals surface area contributed by atoms with Gasteiger partial charge in [0, 0.05) is 18.7 Å². The van der Waals surface area contributed by atoms with E-state index < -0.39 is 0 Å². The molecule has 1 saturated carbocycles. The van der Waals surface area contributed by atoms with Crippen LogP contribution in [0.15, 0.2) is 6.07 Å². The van der Waals surface area contributed by atoms with Crippen LogP contribution in [0.5, 0.6) is 0 Å². The van der Waals surface area contributed by atoms with E-state index in [0.717, 1.165) is 37.4 Å². The molecule has 21 heavy (non-hydrogen) atoms. The number of aryl methyl sites for hydroxylation is 2. The number of hydrogen-bond acceptors (Lipinski definition) is 2. The van der Waals surface area contributed by atoms with Crippen molar-refractivity contribution in [2.24, 2.45) is 16.7 Å². The van der Waals surface area contributed by atoms with E-state index in [1.165, 1.54) is 18.5 Å². The van der Waals surface area contributed by atoms with Crippen LogP contribution in [0.25, 0.3) is 0 Å². The Morgan fingerprint density at radius 1 is 1.38 bits per heavy atom. The van der Waals surface area contributed by atoms with Crippen LogP contribution in [0, 0.1) is 35.0 Å². The molecule has 2 rings (SSSR count). The lowest BCUT2D eigenvalue weighted by atomic mass is 9.63. The third kappa shape index (κ3) is 3.48. The van der Waals surface area contributed by atoms with Crippen LogP contribution in [0.2, 0.25) is 0 Å². The molecule has 0 radical (unpaired) electrons. The first kappa shape index (κ1) is 16.1. The average molecular weight is 287 g/mol. The summed E-state index contributed by atoms with van der Waals surface area (Å²) in [6, 6.07) is 4.81. The van der Waals surface area contributed by atoms with Crippen molar-refractivity contribution in [1.82, 2.24) is 9.78 Å². The Bertz CT molecular complexity index is 520. The van der Waals surface area contributed by atoms with E-state index >= 15 is 0 Å². The Kier molecular flexibility index (Phi) is 4.46. The van der Waals surface area contributed by atoms with Gasteiger partial charge in [-0.2, -0.15) is 10.4 Å². The second-order valence-corrected chi connectivity index (χ2v) is 7.80. The summed E-state index contributed by atoms with van der Waals surface area (Å²) in [6.07, 6.45) is 5.26. The molecule has 0 bridgehead atoms. The highest BCUT2D eigenvalue weighted by atomic mass is 15.3. The van der Waals surface area contributed by atoms with Crippen LogP contribution < -0.4 is 0 Å². The van der Waals surface area contributed by atoms with Gasteiger partial charge in [-0.3, -0.25) is 4.68 Å². The van der Waals surface area contributed by atoms with Gasteiger partial charge in [-0.1, -0.05) is 20.8 Å². The van der Waals surface area contributed by atoms with Crippen molar-refractivity contribution in [3.63, 3.8) is 0 Å². The summed E-state index contributed by atoms with van der Waals surface area (Å²) in [4.78, 5) is 0. The molecule has 3 heteroatoms. The molecular weight excluding hydrogens is 258 g/mol. The van der Waals surface area contributed by atoms with Crippen LogP contribution in [0.4, 0.5) is 0 Å². The molecule has 0 unspecified atom stereocenters. The van der Waals surface area contributed by atoms with Gasteiger partial charge < -0.3 is 0 Å². The predicted molar refractivity (Wildman–Crippen MR) is 85.8 cm³/mol. The van der Waals surface area contributed by atoms with E-state index in [1.807, 2.05) is 6.92 Å². The molecule has 1 aromatic heterocycles. The molecule has 0 aromatic carbocycles. The number of hydrogen-bond donors (Lipinski definition) is 0. The van der Waals surface area contributed by atoms with Crippen molar-refractivity contribution < 1.29 is 0 Å². The van der Waals surface area contributed by atoms with Gasteiger partial charge in [-0.05, 0) is 56.9 Å². The molecule has 0 aliphatic heterocycles. The molecule has 0 saturated heterocycles. The zero-order valence-corrected chi connectivity index (χ0v) is 14.2. The normalized spacial score (nSPS) is 26.6. The summed E-state index contributed by atoms with van der Waals surface area (Å²) in [5.41, 5.74) is 2.47. The molecule has 0 N–H and O–H groups in total. The van der Waals surface area contributed by atoms with Crippen molar-refractivity contribution in [3.8, 4) is 6.07 Å². The van der Waals surface area contributed by atoms with Crippen molar-refractivity contribution in [2.75, 3.05) is 0 Å². The molecular formula is C18H29N3. The smallest absolute Gasteiger partial charge is 0.0693 e. The lowest BCUT2D eigenvalue weighted by molar-refractivity contribution is 0.119. The number of nitrogens with zero attached hydrogens (tertiary/aromatic N) is 3. The molecule has 0 atom stereocenters. The fourth-order valence-electron chi connectivity index (χ4n) is 3.73. The largest absolute Gasteiger partial charge is 0.270 e. The fraction of sp³-hybridized carbons (Fsp3) is 0.778. The van der Waals surface area contributed by atoms with Gasteiger partial charge in [0.15, 0.2) is 0 Å². The van der Waals surface area contributed by atoms with Gasteiger partial charge >= 0.3 is 0 Å². The molecule has 1 aliphatic rings. The molecule has 1 fully saturated rings. The monoisotopic (exact) mass is 287 g/mol. The molecule has 1 aliphatic carbocycles. The first-order chi connectivity index (χ1) is 9.79. The van der Waals surface area contributed by atoms with Crippen LogP contribution in [0.1, 0.15) is 64.8 Å². The minimum atomic E-state index is -0.179. The lowest BCUT2D eigenvalue weighted by Crippen LogP contribution is -2.33. The van der Waals surface area contributed by atoms with E-state index in [1.54, 1.807) is 0 Å². The van der Waals surface area contributed by atoms with E-state index in [2.05, 4.69) is 49.6 Å². The average Bonchev–Trinajstić information content (AvgIpc) is 2.78. The first-order valence-corrected chi connectivity index (χ1v) is 8.24. The quantitative estimate of drug-likeness (QED) is 0.821. The standard InChI is InChI=1S/C18H29N3/c1-6-21-16(11-14(2)20-21)12-18(13-19)9-7-15(8-10-18)17(3,4)5/h11,15H,6-10,12H2,1-5H3. The van der Waals surface area contributed by atoms with Gasteiger partial charge in [0.25, 0.3) is 0 Å². The Morgan fingerprint density at radius 2 is 2.00 bits per heavy atom. The maximum atomic E-state index is 9.78. The highest BCUT2D eigenvalue weighted by Crippen LogP contribution is 2.46. The summed E-state index contributed by atoms with van der Waals surface area (Å²) in [5, 5.41) is 14.3. The van der Waals surface area contributed by atoms with Gasteiger partial charge in [0.1, 0.15) is 0 Å². The lowest BCUT2D eigenvalue weighted by Gasteiger charge is -2.40. The van der Waals surface area contributed by atoms with Gasteiger partial charge in [-0.15, -0.1) is 0 Å². The SMILES string of the molecule is CCn1nc(C)cc1CC1(C#N)CCC(C(C)(C)C)CC1. The molecule has 1 aromatic rings. The van der Waals surface area contributed by atoms with Crippen molar-refractivity contribution in [3.05, 3.63) is 17.5 Å². The van der Waals surface area contributed by atoms with Crippen LogP contribution in [-0.2, 0) is 13.0 Å². The number of nitriles is 1. The number of aromatic nitrogens is 2. The summed E-state index contributed by atoms with van der Waals surface area (Å²) in [6.45, 7) is 12.0. The minimum Gasteiger partial charge on any atom is -0.270 e. The zero-order chi connectivity index (χ0) is 15.7. The van der Waals surface area contributed by atoms with Crippen molar-refractivity contribution in [2.45, 2.75) is 73.3 Å². The van der Waals surface area contributed by atoms with E-state index in [-0.39, 0.29) is 5.41 Å². The van der Waals surface area contributed by atoms with Gasteiger partial charge in [-0.25, -0.2) is 0 Å². The summed E-state index contributed by atoms with van der Waals surface area (Å²) in [5.74, 6) is 0.747. The topological polar surface area (TPSA) is 41.6 Å². The van der Waals surface area contributed by atoms with E-state index in [0.29, 0.717) is 5.41 Å². The van der Waals surface area contributed by atoms with Gasteiger partial charge in [0.05, 0.1) is 17.2 Å². The molecule has 0 spiro atoms. The minimum absolute atomic E-state index is 0.179. The Hall–Kier alpha value is -1.30. The highest BCUT2D eigenvalue weighted by Gasteiger charge is 2.39. The van der Waals surface area contributed by atoms with Crippen molar-refractivity contribution in [1.29, 1.82) is 5.26 Å². The summed E-state index contributed by atoms with van der Waals surface area (Å²) in [7, 11) is 0. The van der Waals surface area contributed by atoms with Crippen LogP contribution >= 0.6 is 0 Å². The Morgan fingerprint density at radius 3 is 2.48 bits per heavy atom. The van der Waals surface area contributed by atoms with E-state index in [9.17, 15) is 5.26 Å². The number of rotatable bonds is 3. The van der Waals surface area contributed by atoms with Crippen LogP contribution in [0.3, 0.4) is 0 Å². The molecule has 3 nitrogen and oxygen atoms in total. The fourth-order valence-corrected chi connectivity index (χ4v) is 3.73. The highest BCUT2D eigenvalue weighted by molar-refractivity contribution is 5.16. The summed E-state index contributed by atoms with van der Waals surface area (Å²) >= 11 is 0. The first-order valence-electron chi connectivity index (χ1n) is 8.24. The van der Waals surface area contributed by atoms with E-state index in [4.69, 9.17) is 0 Å². The third-order valence-electron chi connectivity index (χ3n) is 5.21. The Balaban J connectivity index is 2.12. The molecule has 1 heterocycles. The maximum absolute atomic E-state index is 9.78. The predicted octanol–water partition coefficient (Wildman–Crippen LogP) is 4.50. The zero-order valence-electron chi connectivity index (χ0n) is 14.2. The molecule has 0 amide bonds. The Labute approximate surface area is 129 Å². The summed E-state index contributed by atoms with van der Waals surface area (Å²) < 4.78 is 2.06. The van der Waals surface area contributed by atoms with Gasteiger partial charge in [0.2, 0.25) is 0 Å². The maximum Gasteiger partial charge on any atom is 0.0693 e. The second kappa shape index (κ2) is 5.83. The van der Waals surface area contributed by atoms with Crippen molar-refractivity contribution >= 4 is 0 Å². The molecule has 116 valence electrons.